The van der Waals surface area contributed by atoms with E-state index in [0.717, 1.165) is 5.56 Å². The molecule has 0 bridgehead atoms. The summed E-state index contributed by atoms with van der Waals surface area (Å²) >= 11 is 6.13. The van der Waals surface area contributed by atoms with Crippen LogP contribution in [0.2, 0.25) is 5.02 Å². The molecule has 1 aromatic heterocycles. The Labute approximate surface area is 175 Å². The molecule has 0 aliphatic heterocycles. The Balaban J connectivity index is 2.33. The quantitative estimate of drug-likeness (QED) is 0.599. The van der Waals surface area contributed by atoms with E-state index in [1.165, 1.54) is 0 Å². The van der Waals surface area contributed by atoms with E-state index in [2.05, 4.69) is 0 Å². The fourth-order valence-corrected chi connectivity index (χ4v) is 3.85. The van der Waals surface area contributed by atoms with Crippen LogP contribution in [0.3, 0.4) is 0 Å². The van der Waals surface area contributed by atoms with Crippen LogP contribution in [-0.2, 0) is 4.79 Å². The van der Waals surface area contributed by atoms with Gasteiger partial charge in [0.15, 0.2) is 0 Å². The molecule has 6 heteroatoms. The van der Waals surface area contributed by atoms with Crippen molar-refractivity contribution in [1.29, 1.82) is 0 Å². The summed E-state index contributed by atoms with van der Waals surface area (Å²) < 4.78 is 1.62. The first-order valence-electron chi connectivity index (χ1n) is 9.85. The number of para-hydroxylation sites is 1. The van der Waals surface area contributed by atoms with Gasteiger partial charge in [-0.05, 0) is 56.7 Å². The van der Waals surface area contributed by atoms with Gasteiger partial charge in [0.25, 0.3) is 5.56 Å². The standard InChI is InChI=1S/C23H26ClN3O2/c1-6-26(22(28)14(2)3)16(5)21-25-19-10-8-7-9-18(19)23(29)27(21)20-12-11-17(24)13-15(20)4/h7-14,16H,6H2,1-5H3. The van der Waals surface area contributed by atoms with Gasteiger partial charge in [-0.1, -0.05) is 37.6 Å². The third-order valence-electron chi connectivity index (χ3n) is 5.16. The van der Waals surface area contributed by atoms with Crippen molar-refractivity contribution in [3.8, 4) is 5.69 Å². The Morgan fingerprint density at radius 1 is 1.17 bits per heavy atom. The molecule has 3 aromatic rings. The van der Waals surface area contributed by atoms with Crippen LogP contribution in [0.5, 0.6) is 0 Å². The molecule has 29 heavy (non-hydrogen) atoms. The lowest BCUT2D eigenvalue weighted by molar-refractivity contribution is -0.136. The molecule has 1 heterocycles. The van der Waals surface area contributed by atoms with E-state index < -0.39 is 0 Å². The number of halogens is 1. The van der Waals surface area contributed by atoms with Gasteiger partial charge in [0.1, 0.15) is 5.82 Å². The number of hydrogen-bond acceptors (Lipinski definition) is 3. The summed E-state index contributed by atoms with van der Waals surface area (Å²) in [6, 6.07) is 12.3. The van der Waals surface area contributed by atoms with Crippen molar-refractivity contribution >= 4 is 28.4 Å². The zero-order valence-corrected chi connectivity index (χ0v) is 18.2. The molecule has 5 nitrogen and oxygen atoms in total. The first kappa shape index (κ1) is 21.1. The SMILES string of the molecule is CCN(C(=O)C(C)C)C(C)c1nc2ccccc2c(=O)n1-c1ccc(Cl)cc1C. The number of carbonyl (C=O) groups is 1. The highest BCUT2D eigenvalue weighted by atomic mass is 35.5. The summed E-state index contributed by atoms with van der Waals surface area (Å²) in [5.74, 6) is 0.423. The average molecular weight is 412 g/mol. The first-order chi connectivity index (χ1) is 13.8. The van der Waals surface area contributed by atoms with E-state index in [1.54, 1.807) is 21.6 Å². The molecule has 0 spiro atoms. The van der Waals surface area contributed by atoms with E-state index >= 15 is 0 Å². The van der Waals surface area contributed by atoms with Crippen LogP contribution in [0.1, 0.15) is 45.1 Å². The van der Waals surface area contributed by atoms with Crippen molar-refractivity contribution in [2.75, 3.05) is 6.54 Å². The van der Waals surface area contributed by atoms with Crippen LogP contribution >= 0.6 is 11.6 Å². The Morgan fingerprint density at radius 2 is 1.86 bits per heavy atom. The second kappa shape index (κ2) is 8.37. The summed E-state index contributed by atoms with van der Waals surface area (Å²) in [5, 5.41) is 1.14. The van der Waals surface area contributed by atoms with Gasteiger partial charge in [-0.3, -0.25) is 14.2 Å². The summed E-state index contributed by atoms with van der Waals surface area (Å²) in [6.07, 6.45) is 0. The smallest absolute Gasteiger partial charge is 0.266 e. The highest BCUT2D eigenvalue weighted by Crippen LogP contribution is 2.26. The minimum atomic E-state index is -0.373. The van der Waals surface area contributed by atoms with E-state index in [1.807, 2.05) is 65.0 Å². The largest absolute Gasteiger partial charge is 0.333 e. The zero-order valence-electron chi connectivity index (χ0n) is 17.4. The lowest BCUT2D eigenvalue weighted by Gasteiger charge is -2.31. The maximum atomic E-state index is 13.5. The second-order valence-corrected chi connectivity index (χ2v) is 7.95. The van der Waals surface area contributed by atoms with Gasteiger partial charge < -0.3 is 4.90 Å². The van der Waals surface area contributed by atoms with Gasteiger partial charge in [-0.25, -0.2) is 4.98 Å². The van der Waals surface area contributed by atoms with Gasteiger partial charge in [-0.15, -0.1) is 0 Å². The Hall–Kier alpha value is -2.66. The molecule has 0 aliphatic carbocycles. The van der Waals surface area contributed by atoms with Gasteiger partial charge in [0, 0.05) is 17.5 Å². The van der Waals surface area contributed by atoms with Gasteiger partial charge in [0.05, 0.1) is 22.6 Å². The first-order valence-corrected chi connectivity index (χ1v) is 10.2. The average Bonchev–Trinajstić information content (AvgIpc) is 2.69. The second-order valence-electron chi connectivity index (χ2n) is 7.51. The number of fused-ring (bicyclic) bond motifs is 1. The molecule has 0 fully saturated rings. The van der Waals surface area contributed by atoms with Crippen LogP contribution in [0, 0.1) is 12.8 Å². The summed E-state index contributed by atoms with van der Waals surface area (Å²) in [5.41, 5.74) is 2.04. The molecule has 0 aliphatic rings. The van der Waals surface area contributed by atoms with Crippen molar-refractivity contribution in [3.05, 3.63) is 69.2 Å². The minimum absolute atomic E-state index is 0.0294. The van der Waals surface area contributed by atoms with E-state index in [9.17, 15) is 9.59 Å². The number of amides is 1. The molecular formula is C23H26ClN3O2. The molecule has 1 unspecified atom stereocenters. The normalized spacial score (nSPS) is 12.4. The van der Waals surface area contributed by atoms with Crippen molar-refractivity contribution < 1.29 is 4.79 Å². The third kappa shape index (κ3) is 3.92. The molecular weight excluding hydrogens is 386 g/mol. The van der Waals surface area contributed by atoms with Gasteiger partial charge >= 0.3 is 0 Å². The molecule has 3 rings (SSSR count). The number of benzene rings is 2. The Morgan fingerprint density at radius 3 is 2.48 bits per heavy atom. The fraction of sp³-hybridized carbons (Fsp3) is 0.348. The molecule has 0 N–H and O–H groups in total. The zero-order chi connectivity index (χ0) is 21.3. The molecule has 152 valence electrons. The van der Waals surface area contributed by atoms with Crippen LogP contribution < -0.4 is 5.56 Å². The number of aryl methyl sites for hydroxylation is 1. The number of nitrogens with zero attached hydrogens (tertiary/aromatic N) is 3. The highest BCUT2D eigenvalue weighted by molar-refractivity contribution is 6.30. The van der Waals surface area contributed by atoms with Crippen LogP contribution in [-0.4, -0.2) is 26.9 Å². The van der Waals surface area contributed by atoms with Crippen LogP contribution in [0.15, 0.2) is 47.3 Å². The minimum Gasteiger partial charge on any atom is -0.333 e. The molecule has 1 atom stereocenters. The fourth-order valence-electron chi connectivity index (χ4n) is 3.62. The van der Waals surface area contributed by atoms with E-state index in [4.69, 9.17) is 16.6 Å². The van der Waals surface area contributed by atoms with E-state index in [-0.39, 0.29) is 23.4 Å². The number of rotatable bonds is 5. The molecule has 0 saturated heterocycles. The lowest BCUT2D eigenvalue weighted by atomic mass is 10.1. The molecule has 0 radical (unpaired) electrons. The van der Waals surface area contributed by atoms with Crippen LogP contribution in [0.25, 0.3) is 16.6 Å². The molecule has 0 saturated carbocycles. The van der Waals surface area contributed by atoms with Crippen molar-refractivity contribution in [3.63, 3.8) is 0 Å². The summed E-state index contributed by atoms with van der Waals surface area (Å²) in [4.78, 5) is 32.9. The number of hydrogen-bond donors (Lipinski definition) is 0. The van der Waals surface area contributed by atoms with Crippen molar-refractivity contribution in [2.24, 2.45) is 5.92 Å². The third-order valence-corrected chi connectivity index (χ3v) is 5.40. The summed E-state index contributed by atoms with van der Waals surface area (Å²) in [7, 11) is 0. The number of aromatic nitrogens is 2. The Bertz CT molecular complexity index is 1120. The van der Waals surface area contributed by atoms with Gasteiger partial charge in [0.2, 0.25) is 5.91 Å². The summed E-state index contributed by atoms with van der Waals surface area (Å²) in [6.45, 7) is 10.1. The van der Waals surface area contributed by atoms with Crippen LogP contribution in [0.4, 0.5) is 0 Å². The monoisotopic (exact) mass is 411 g/mol. The predicted molar refractivity (Wildman–Crippen MR) is 118 cm³/mol. The molecule has 2 aromatic carbocycles. The Kier molecular flexibility index (Phi) is 6.08. The maximum Gasteiger partial charge on any atom is 0.266 e. The predicted octanol–water partition coefficient (Wildman–Crippen LogP) is 4.91. The van der Waals surface area contributed by atoms with Gasteiger partial charge in [-0.2, -0.15) is 0 Å². The molecule has 1 amide bonds. The van der Waals surface area contributed by atoms with E-state index in [0.29, 0.717) is 34.0 Å². The lowest BCUT2D eigenvalue weighted by Crippen LogP contribution is -2.39. The highest BCUT2D eigenvalue weighted by Gasteiger charge is 2.27. The maximum absolute atomic E-state index is 13.5. The van der Waals surface area contributed by atoms with Crippen molar-refractivity contribution in [1.82, 2.24) is 14.5 Å². The van der Waals surface area contributed by atoms with Crippen molar-refractivity contribution in [2.45, 2.75) is 40.7 Å². The topological polar surface area (TPSA) is 55.2 Å². The number of carbonyl (C=O) groups excluding carboxylic acids is 1.